The van der Waals surface area contributed by atoms with Crippen molar-refractivity contribution in [2.75, 3.05) is 39.3 Å². The first-order valence-corrected chi connectivity index (χ1v) is 9.64. The first-order chi connectivity index (χ1) is 12.8. The van der Waals surface area contributed by atoms with Gasteiger partial charge in [0.1, 0.15) is 11.9 Å². The Labute approximate surface area is 182 Å². The highest BCUT2D eigenvalue weighted by Crippen LogP contribution is 2.25. The quantitative estimate of drug-likeness (QED) is 0.262. The van der Waals surface area contributed by atoms with Crippen LogP contribution in [0.3, 0.4) is 0 Å². The van der Waals surface area contributed by atoms with E-state index in [-0.39, 0.29) is 24.0 Å². The number of imidazole rings is 1. The van der Waals surface area contributed by atoms with E-state index in [0.29, 0.717) is 32.7 Å². The Kier molecular flexibility index (Phi) is 10.6. The third-order valence-corrected chi connectivity index (χ3v) is 4.96. The molecule has 0 amide bonds. The van der Waals surface area contributed by atoms with Crippen molar-refractivity contribution in [1.29, 1.82) is 0 Å². The maximum atomic E-state index is 12.9. The van der Waals surface area contributed by atoms with E-state index in [9.17, 15) is 13.2 Å². The van der Waals surface area contributed by atoms with Crippen LogP contribution in [0.1, 0.15) is 32.5 Å². The zero-order valence-corrected chi connectivity index (χ0v) is 19.2. The summed E-state index contributed by atoms with van der Waals surface area (Å²) in [6.45, 7) is 9.49. The lowest BCUT2D eigenvalue weighted by Gasteiger charge is -2.39. The Bertz CT molecular complexity index is 596. The molecule has 0 aliphatic carbocycles. The number of piperazine rings is 1. The van der Waals surface area contributed by atoms with Gasteiger partial charge in [-0.15, -0.1) is 24.0 Å². The van der Waals surface area contributed by atoms with Gasteiger partial charge in [-0.25, -0.2) is 4.98 Å². The number of rotatable bonds is 7. The van der Waals surface area contributed by atoms with Gasteiger partial charge >= 0.3 is 6.18 Å². The second-order valence-corrected chi connectivity index (χ2v) is 6.85. The van der Waals surface area contributed by atoms with Crippen molar-refractivity contribution >= 4 is 29.9 Å². The first-order valence-electron chi connectivity index (χ1n) is 9.64. The summed E-state index contributed by atoms with van der Waals surface area (Å²) in [5, 5.41) is 3.26. The Morgan fingerprint density at radius 1 is 1.25 bits per heavy atom. The molecule has 0 spiro atoms. The molecule has 1 unspecified atom stereocenters. The van der Waals surface area contributed by atoms with Crippen LogP contribution in [0.4, 0.5) is 13.2 Å². The van der Waals surface area contributed by atoms with Crippen LogP contribution in [-0.4, -0.2) is 76.8 Å². The summed E-state index contributed by atoms with van der Waals surface area (Å²) in [5.41, 5.74) is 0. The van der Waals surface area contributed by atoms with E-state index >= 15 is 0 Å². The largest absolute Gasteiger partial charge is 0.403 e. The summed E-state index contributed by atoms with van der Waals surface area (Å²) in [6.07, 6.45) is 1.57. The van der Waals surface area contributed by atoms with E-state index in [2.05, 4.69) is 24.8 Å². The number of nitrogens with one attached hydrogen (secondary N) is 1. The van der Waals surface area contributed by atoms with Crippen LogP contribution in [0, 0.1) is 6.92 Å². The van der Waals surface area contributed by atoms with E-state index < -0.39 is 12.2 Å². The molecule has 162 valence electrons. The molecule has 0 saturated carbocycles. The molecule has 0 aromatic carbocycles. The summed E-state index contributed by atoms with van der Waals surface area (Å²) in [6, 6.07) is -1.40. The maximum Gasteiger partial charge on any atom is 0.403 e. The van der Waals surface area contributed by atoms with Gasteiger partial charge in [0.2, 0.25) is 0 Å². The zero-order chi connectivity index (χ0) is 19.9. The number of unbranched alkanes of at least 4 members (excludes halogenated alkanes) is 1. The summed E-state index contributed by atoms with van der Waals surface area (Å²) < 4.78 is 40.8. The van der Waals surface area contributed by atoms with Crippen LogP contribution < -0.4 is 5.32 Å². The number of guanidine groups is 1. The molecule has 1 aliphatic rings. The van der Waals surface area contributed by atoms with Gasteiger partial charge in [-0.1, -0.05) is 0 Å². The molecule has 1 saturated heterocycles. The SMILES string of the molecule is CCNC(=NCCCCn1ccnc1C)N1CCN(C(C)C(F)(F)F)CC1.I. The van der Waals surface area contributed by atoms with Crippen LogP contribution in [0.5, 0.6) is 0 Å². The molecular weight excluding hydrogens is 484 g/mol. The highest BCUT2D eigenvalue weighted by molar-refractivity contribution is 14.0. The van der Waals surface area contributed by atoms with Crippen molar-refractivity contribution in [2.45, 2.75) is 52.4 Å². The van der Waals surface area contributed by atoms with Crippen LogP contribution in [0.15, 0.2) is 17.4 Å². The summed E-state index contributed by atoms with van der Waals surface area (Å²) in [7, 11) is 0. The predicted molar refractivity (Wildman–Crippen MR) is 116 cm³/mol. The second-order valence-electron chi connectivity index (χ2n) is 6.85. The lowest BCUT2D eigenvalue weighted by Crippen LogP contribution is -2.56. The molecule has 6 nitrogen and oxygen atoms in total. The Hall–Kier alpha value is -1.04. The van der Waals surface area contributed by atoms with Crippen molar-refractivity contribution in [3.8, 4) is 0 Å². The van der Waals surface area contributed by atoms with Gasteiger partial charge in [-0.2, -0.15) is 13.2 Å². The zero-order valence-electron chi connectivity index (χ0n) is 16.9. The molecule has 1 N–H and O–H groups in total. The van der Waals surface area contributed by atoms with Crippen LogP contribution in [0.25, 0.3) is 0 Å². The Morgan fingerprint density at radius 2 is 1.93 bits per heavy atom. The number of halogens is 4. The van der Waals surface area contributed by atoms with E-state index in [0.717, 1.165) is 37.7 Å². The van der Waals surface area contributed by atoms with Gasteiger partial charge in [0, 0.05) is 58.2 Å². The second kappa shape index (κ2) is 11.8. The lowest BCUT2D eigenvalue weighted by atomic mass is 10.2. The smallest absolute Gasteiger partial charge is 0.357 e. The van der Waals surface area contributed by atoms with Gasteiger partial charge in [0.15, 0.2) is 5.96 Å². The van der Waals surface area contributed by atoms with E-state index in [1.807, 2.05) is 20.0 Å². The molecule has 1 aromatic heterocycles. The minimum atomic E-state index is -4.17. The molecule has 2 rings (SSSR count). The fourth-order valence-electron chi connectivity index (χ4n) is 3.17. The van der Waals surface area contributed by atoms with Gasteiger partial charge < -0.3 is 14.8 Å². The average Bonchev–Trinajstić information content (AvgIpc) is 3.04. The minimum Gasteiger partial charge on any atom is -0.357 e. The molecule has 1 fully saturated rings. The van der Waals surface area contributed by atoms with Gasteiger partial charge in [0.25, 0.3) is 0 Å². The van der Waals surface area contributed by atoms with Gasteiger partial charge in [0.05, 0.1) is 0 Å². The van der Waals surface area contributed by atoms with E-state index in [4.69, 9.17) is 0 Å². The summed E-state index contributed by atoms with van der Waals surface area (Å²) in [5.74, 6) is 1.81. The monoisotopic (exact) mass is 516 g/mol. The predicted octanol–water partition coefficient (Wildman–Crippen LogP) is 3.12. The highest BCUT2D eigenvalue weighted by Gasteiger charge is 2.41. The normalized spacial score (nSPS) is 17.4. The summed E-state index contributed by atoms with van der Waals surface area (Å²) in [4.78, 5) is 12.4. The standard InChI is InChI=1S/C18H31F3N6.HI/c1-4-22-17(24-7-5-6-9-26-10-8-23-16(26)3)27-13-11-25(12-14-27)15(2)18(19,20)21;/h8,10,15H,4-7,9,11-14H2,1-3H3,(H,22,24);1H. The maximum absolute atomic E-state index is 12.9. The number of hydrogen-bond donors (Lipinski definition) is 1. The molecular formula is C18H32F3IN6. The molecule has 1 aromatic rings. The fourth-order valence-corrected chi connectivity index (χ4v) is 3.17. The molecule has 10 heteroatoms. The highest BCUT2D eigenvalue weighted by atomic mass is 127. The Balaban J connectivity index is 0.00000392. The molecule has 28 heavy (non-hydrogen) atoms. The van der Waals surface area contributed by atoms with Crippen LogP contribution in [0.2, 0.25) is 0 Å². The molecule has 2 heterocycles. The first kappa shape index (κ1) is 25.0. The van der Waals surface area contributed by atoms with Crippen molar-refractivity contribution < 1.29 is 13.2 Å². The van der Waals surface area contributed by atoms with Crippen molar-refractivity contribution in [2.24, 2.45) is 4.99 Å². The third kappa shape index (κ3) is 7.41. The molecule has 0 radical (unpaired) electrons. The van der Waals surface area contributed by atoms with Crippen molar-refractivity contribution in [3.05, 3.63) is 18.2 Å². The number of alkyl halides is 3. The van der Waals surface area contributed by atoms with Crippen LogP contribution >= 0.6 is 24.0 Å². The molecule has 0 bridgehead atoms. The van der Waals surface area contributed by atoms with Crippen molar-refractivity contribution in [3.63, 3.8) is 0 Å². The number of hydrogen-bond acceptors (Lipinski definition) is 3. The third-order valence-electron chi connectivity index (χ3n) is 4.96. The topological polar surface area (TPSA) is 48.7 Å². The van der Waals surface area contributed by atoms with Crippen molar-refractivity contribution in [1.82, 2.24) is 24.7 Å². The minimum absolute atomic E-state index is 0. The Morgan fingerprint density at radius 3 is 2.46 bits per heavy atom. The number of aromatic nitrogens is 2. The molecule has 1 aliphatic heterocycles. The van der Waals surface area contributed by atoms with E-state index in [1.54, 1.807) is 6.20 Å². The number of aryl methyl sites for hydroxylation is 2. The number of aliphatic imine (C=N–C) groups is 1. The van der Waals surface area contributed by atoms with E-state index in [1.165, 1.54) is 11.8 Å². The molecule has 1 atom stereocenters. The van der Waals surface area contributed by atoms with Gasteiger partial charge in [-0.05, 0) is 33.6 Å². The van der Waals surface area contributed by atoms with Gasteiger partial charge in [-0.3, -0.25) is 9.89 Å². The fraction of sp³-hybridized carbons (Fsp3) is 0.778. The average molecular weight is 516 g/mol. The van der Waals surface area contributed by atoms with Crippen LogP contribution in [-0.2, 0) is 6.54 Å². The summed E-state index contributed by atoms with van der Waals surface area (Å²) >= 11 is 0. The number of nitrogens with zero attached hydrogens (tertiary/aromatic N) is 5. The lowest BCUT2D eigenvalue weighted by molar-refractivity contribution is -0.181.